The highest BCUT2D eigenvalue weighted by Crippen LogP contribution is 2.25. The van der Waals surface area contributed by atoms with E-state index in [-0.39, 0.29) is 0 Å². The fourth-order valence-electron chi connectivity index (χ4n) is 2.94. The van der Waals surface area contributed by atoms with E-state index in [2.05, 4.69) is 36.9 Å². The molecule has 1 aromatic rings. The van der Waals surface area contributed by atoms with E-state index in [1.807, 2.05) is 0 Å². The standard InChI is InChI=1S/C16H26N2/c1-3-14-5-4-9-18(10-8-14)16-7-6-15(12-17)13(2)11-16/h6-7,11,14H,3-5,8-10,12,17H2,1-2H3. The van der Waals surface area contributed by atoms with Gasteiger partial charge in [-0.05, 0) is 55.4 Å². The lowest BCUT2D eigenvalue weighted by Crippen LogP contribution is -2.24. The Morgan fingerprint density at radius 2 is 2.11 bits per heavy atom. The molecule has 0 radical (unpaired) electrons. The van der Waals surface area contributed by atoms with Crippen LogP contribution >= 0.6 is 0 Å². The number of rotatable bonds is 3. The number of hydrogen-bond acceptors (Lipinski definition) is 2. The molecule has 2 rings (SSSR count). The van der Waals surface area contributed by atoms with E-state index >= 15 is 0 Å². The zero-order valence-corrected chi connectivity index (χ0v) is 11.8. The molecule has 1 atom stereocenters. The maximum absolute atomic E-state index is 5.73. The van der Waals surface area contributed by atoms with E-state index < -0.39 is 0 Å². The number of aryl methyl sites for hydroxylation is 1. The fourth-order valence-corrected chi connectivity index (χ4v) is 2.94. The predicted octanol–water partition coefficient (Wildman–Crippen LogP) is 3.47. The number of benzene rings is 1. The zero-order chi connectivity index (χ0) is 13.0. The van der Waals surface area contributed by atoms with E-state index in [0.29, 0.717) is 6.54 Å². The summed E-state index contributed by atoms with van der Waals surface area (Å²) in [5, 5.41) is 0. The Balaban J connectivity index is 2.09. The van der Waals surface area contributed by atoms with Crippen molar-refractivity contribution in [2.75, 3.05) is 18.0 Å². The largest absolute Gasteiger partial charge is 0.372 e. The average molecular weight is 246 g/mol. The molecule has 0 amide bonds. The molecule has 18 heavy (non-hydrogen) atoms. The first kappa shape index (κ1) is 13.4. The van der Waals surface area contributed by atoms with Crippen LogP contribution in [0.5, 0.6) is 0 Å². The van der Waals surface area contributed by atoms with E-state index in [4.69, 9.17) is 5.73 Å². The summed E-state index contributed by atoms with van der Waals surface area (Å²) in [5.74, 6) is 0.930. The van der Waals surface area contributed by atoms with Gasteiger partial charge >= 0.3 is 0 Å². The molecule has 1 unspecified atom stereocenters. The molecule has 0 aromatic heterocycles. The van der Waals surface area contributed by atoms with E-state index in [1.54, 1.807) is 0 Å². The molecule has 0 saturated carbocycles. The third-order valence-corrected chi connectivity index (χ3v) is 4.34. The highest BCUT2D eigenvalue weighted by atomic mass is 15.1. The van der Waals surface area contributed by atoms with Crippen LogP contribution in [0.15, 0.2) is 18.2 Å². The van der Waals surface area contributed by atoms with Crippen LogP contribution in [0.4, 0.5) is 5.69 Å². The van der Waals surface area contributed by atoms with Crippen LogP contribution in [0.2, 0.25) is 0 Å². The van der Waals surface area contributed by atoms with Gasteiger partial charge < -0.3 is 10.6 Å². The Hall–Kier alpha value is -1.02. The molecule has 1 aliphatic rings. The number of hydrogen-bond donors (Lipinski definition) is 1. The summed E-state index contributed by atoms with van der Waals surface area (Å²) < 4.78 is 0. The first-order valence-corrected chi connectivity index (χ1v) is 7.29. The summed E-state index contributed by atoms with van der Waals surface area (Å²) in [4.78, 5) is 2.54. The Labute approximate surface area is 111 Å². The van der Waals surface area contributed by atoms with Crippen molar-refractivity contribution in [2.45, 2.75) is 46.1 Å². The molecule has 1 aromatic carbocycles. The lowest BCUT2D eigenvalue weighted by Gasteiger charge is -2.24. The lowest BCUT2D eigenvalue weighted by atomic mass is 9.98. The van der Waals surface area contributed by atoms with Crippen molar-refractivity contribution in [1.82, 2.24) is 0 Å². The quantitative estimate of drug-likeness (QED) is 0.885. The fraction of sp³-hybridized carbons (Fsp3) is 0.625. The van der Waals surface area contributed by atoms with Crippen molar-refractivity contribution in [3.05, 3.63) is 29.3 Å². The van der Waals surface area contributed by atoms with Crippen molar-refractivity contribution in [3.63, 3.8) is 0 Å². The highest BCUT2D eigenvalue weighted by molar-refractivity contribution is 5.51. The number of nitrogens with zero attached hydrogens (tertiary/aromatic N) is 1. The van der Waals surface area contributed by atoms with Crippen molar-refractivity contribution in [3.8, 4) is 0 Å². The van der Waals surface area contributed by atoms with Crippen LogP contribution in [0, 0.1) is 12.8 Å². The van der Waals surface area contributed by atoms with Gasteiger partial charge in [-0.3, -0.25) is 0 Å². The minimum absolute atomic E-state index is 0.643. The number of nitrogens with two attached hydrogens (primary N) is 1. The van der Waals surface area contributed by atoms with Gasteiger partial charge in [0, 0.05) is 25.3 Å². The van der Waals surface area contributed by atoms with Gasteiger partial charge in [0.2, 0.25) is 0 Å². The molecule has 1 fully saturated rings. The Kier molecular flexibility index (Phi) is 4.65. The number of anilines is 1. The van der Waals surface area contributed by atoms with Crippen LogP contribution in [-0.2, 0) is 6.54 Å². The van der Waals surface area contributed by atoms with Gasteiger partial charge in [0.25, 0.3) is 0 Å². The SMILES string of the molecule is CCC1CCCN(c2ccc(CN)c(C)c2)CC1. The third-order valence-electron chi connectivity index (χ3n) is 4.34. The molecule has 0 aliphatic carbocycles. The van der Waals surface area contributed by atoms with Crippen LogP contribution in [0.1, 0.15) is 43.7 Å². The summed E-state index contributed by atoms with van der Waals surface area (Å²) in [6.07, 6.45) is 5.40. The third kappa shape index (κ3) is 3.05. The van der Waals surface area contributed by atoms with Gasteiger partial charge in [-0.15, -0.1) is 0 Å². The average Bonchev–Trinajstić information content (AvgIpc) is 2.63. The maximum atomic E-state index is 5.73. The first-order chi connectivity index (χ1) is 8.74. The Bertz CT molecular complexity index is 387. The second kappa shape index (κ2) is 6.24. The van der Waals surface area contributed by atoms with Crippen molar-refractivity contribution < 1.29 is 0 Å². The summed E-state index contributed by atoms with van der Waals surface area (Å²) in [6, 6.07) is 6.72. The maximum Gasteiger partial charge on any atom is 0.0369 e. The van der Waals surface area contributed by atoms with Gasteiger partial charge in [0.05, 0.1) is 0 Å². The molecule has 2 nitrogen and oxygen atoms in total. The second-order valence-electron chi connectivity index (χ2n) is 5.51. The summed E-state index contributed by atoms with van der Waals surface area (Å²) in [6.45, 7) is 7.54. The van der Waals surface area contributed by atoms with Crippen LogP contribution in [0.3, 0.4) is 0 Å². The zero-order valence-electron chi connectivity index (χ0n) is 11.8. The molecule has 1 heterocycles. The topological polar surface area (TPSA) is 29.3 Å². The van der Waals surface area contributed by atoms with Crippen LogP contribution < -0.4 is 10.6 Å². The van der Waals surface area contributed by atoms with Crippen LogP contribution in [0.25, 0.3) is 0 Å². The molecule has 100 valence electrons. The van der Waals surface area contributed by atoms with Crippen molar-refractivity contribution in [2.24, 2.45) is 11.7 Å². The monoisotopic (exact) mass is 246 g/mol. The molecule has 0 spiro atoms. The van der Waals surface area contributed by atoms with Crippen molar-refractivity contribution >= 4 is 5.69 Å². The Morgan fingerprint density at radius 1 is 1.28 bits per heavy atom. The second-order valence-corrected chi connectivity index (χ2v) is 5.51. The van der Waals surface area contributed by atoms with E-state index in [1.165, 1.54) is 55.6 Å². The van der Waals surface area contributed by atoms with E-state index in [0.717, 1.165) is 5.92 Å². The normalized spacial score (nSPS) is 20.8. The predicted molar refractivity (Wildman–Crippen MR) is 78.9 cm³/mol. The minimum atomic E-state index is 0.643. The van der Waals surface area contributed by atoms with Gasteiger partial charge in [0.1, 0.15) is 0 Å². The van der Waals surface area contributed by atoms with Gasteiger partial charge in [0.15, 0.2) is 0 Å². The Morgan fingerprint density at radius 3 is 2.78 bits per heavy atom. The molecule has 2 N–H and O–H groups in total. The van der Waals surface area contributed by atoms with Gasteiger partial charge in [-0.2, -0.15) is 0 Å². The minimum Gasteiger partial charge on any atom is -0.372 e. The lowest BCUT2D eigenvalue weighted by molar-refractivity contribution is 0.459. The smallest absolute Gasteiger partial charge is 0.0369 e. The van der Waals surface area contributed by atoms with Gasteiger partial charge in [-0.1, -0.05) is 19.4 Å². The summed E-state index contributed by atoms with van der Waals surface area (Å²) >= 11 is 0. The molecular formula is C16H26N2. The molecule has 0 bridgehead atoms. The molecule has 1 saturated heterocycles. The molecular weight excluding hydrogens is 220 g/mol. The van der Waals surface area contributed by atoms with Crippen LogP contribution in [-0.4, -0.2) is 13.1 Å². The van der Waals surface area contributed by atoms with Crippen molar-refractivity contribution in [1.29, 1.82) is 0 Å². The first-order valence-electron chi connectivity index (χ1n) is 7.29. The van der Waals surface area contributed by atoms with E-state index in [9.17, 15) is 0 Å². The highest BCUT2D eigenvalue weighted by Gasteiger charge is 2.16. The summed E-state index contributed by atoms with van der Waals surface area (Å²) in [7, 11) is 0. The molecule has 2 heteroatoms. The van der Waals surface area contributed by atoms with Gasteiger partial charge in [-0.25, -0.2) is 0 Å². The molecule has 1 aliphatic heterocycles. The summed E-state index contributed by atoms with van der Waals surface area (Å²) in [5.41, 5.74) is 9.69.